The lowest BCUT2D eigenvalue weighted by atomic mass is 9.93. The van der Waals surface area contributed by atoms with Gasteiger partial charge in [-0.2, -0.15) is 10.2 Å². The number of hydrogen-bond acceptors (Lipinski definition) is 12. The summed E-state index contributed by atoms with van der Waals surface area (Å²) in [5.41, 5.74) is 8.22. The Kier molecular flexibility index (Phi) is 7.92. The Morgan fingerprint density at radius 3 is 2.24 bits per heavy atom. The molecule has 0 unspecified atom stereocenters. The third kappa shape index (κ3) is 5.37. The Morgan fingerprint density at radius 1 is 0.870 bits per heavy atom. The molecule has 234 valence electrons. The first-order valence-electron chi connectivity index (χ1n) is 14.9. The maximum Gasteiger partial charge on any atom is 0.359 e. The van der Waals surface area contributed by atoms with Crippen LogP contribution < -0.4 is 5.32 Å². The molecule has 7 rings (SSSR count). The van der Waals surface area contributed by atoms with Gasteiger partial charge in [0.25, 0.3) is 0 Å². The highest BCUT2D eigenvalue weighted by Gasteiger charge is 2.31. The standard InChI is InChI=1S/C31H29IN10O4/c1-4-45-28(43)24-19-8-6-18-14-35-31(38-22(18)26(19)41(3)39-24)36-21-12-16(10-11-33-21)15-42-27-20(25(40-42)29(44)46-5-2)9-7-17-13-34-30(32)37-23(17)27/h10-14H,4-9,15H2,1-3H3,(H,33,35,36,38). The maximum atomic E-state index is 12.9. The van der Waals surface area contributed by atoms with Gasteiger partial charge in [0, 0.05) is 59.4 Å². The zero-order chi connectivity index (χ0) is 31.9. The van der Waals surface area contributed by atoms with Crippen LogP contribution in [0.15, 0.2) is 30.7 Å². The summed E-state index contributed by atoms with van der Waals surface area (Å²) >= 11 is 2.09. The molecule has 0 aromatic carbocycles. The van der Waals surface area contributed by atoms with Crippen molar-refractivity contribution in [2.75, 3.05) is 18.5 Å². The molecule has 5 aromatic heterocycles. The molecule has 0 radical (unpaired) electrons. The van der Waals surface area contributed by atoms with Crippen LogP contribution in [0.5, 0.6) is 0 Å². The van der Waals surface area contributed by atoms with Crippen LogP contribution in [-0.4, -0.2) is 69.6 Å². The summed E-state index contributed by atoms with van der Waals surface area (Å²) in [6.07, 6.45) is 8.01. The van der Waals surface area contributed by atoms with E-state index in [0.29, 0.717) is 64.9 Å². The van der Waals surface area contributed by atoms with E-state index in [2.05, 4.69) is 48.0 Å². The van der Waals surface area contributed by atoms with Gasteiger partial charge in [0.1, 0.15) is 5.82 Å². The van der Waals surface area contributed by atoms with Crippen LogP contribution in [0.2, 0.25) is 0 Å². The predicted molar refractivity (Wildman–Crippen MR) is 174 cm³/mol. The molecule has 0 aliphatic heterocycles. The fraction of sp³-hybridized carbons (Fsp3) is 0.323. The van der Waals surface area contributed by atoms with Gasteiger partial charge in [-0.15, -0.1) is 0 Å². The summed E-state index contributed by atoms with van der Waals surface area (Å²) in [6, 6.07) is 3.78. The van der Waals surface area contributed by atoms with Gasteiger partial charge in [0.15, 0.2) is 15.2 Å². The Bertz CT molecular complexity index is 2020. The second-order valence-electron chi connectivity index (χ2n) is 10.8. The van der Waals surface area contributed by atoms with Crippen LogP contribution in [0.25, 0.3) is 22.8 Å². The normalized spacial score (nSPS) is 12.9. The summed E-state index contributed by atoms with van der Waals surface area (Å²) in [5.74, 6) is 0.0121. The summed E-state index contributed by atoms with van der Waals surface area (Å²) in [4.78, 5) is 48.4. The summed E-state index contributed by atoms with van der Waals surface area (Å²) < 4.78 is 14.7. The van der Waals surface area contributed by atoms with E-state index in [0.717, 1.165) is 44.9 Å². The van der Waals surface area contributed by atoms with Crippen LogP contribution in [0, 0.1) is 3.83 Å². The van der Waals surface area contributed by atoms with Gasteiger partial charge >= 0.3 is 11.9 Å². The summed E-state index contributed by atoms with van der Waals surface area (Å²) in [6.45, 7) is 4.45. The number of ether oxygens (including phenoxy) is 2. The summed E-state index contributed by atoms with van der Waals surface area (Å²) in [5, 5.41) is 12.4. The molecule has 0 saturated carbocycles. The van der Waals surface area contributed by atoms with Gasteiger partial charge in [0.2, 0.25) is 5.95 Å². The topological polar surface area (TPSA) is 165 Å². The Morgan fingerprint density at radius 2 is 1.52 bits per heavy atom. The van der Waals surface area contributed by atoms with Gasteiger partial charge in [-0.05, 0) is 68.4 Å². The lowest BCUT2D eigenvalue weighted by Crippen LogP contribution is -2.13. The van der Waals surface area contributed by atoms with E-state index in [1.807, 2.05) is 23.0 Å². The van der Waals surface area contributed by atoms with Crippen molar-refractivity contribution in [1.29, 1.82) is 0 Å². The number of hydrogen-bond donors (Lipinski definition) is 1. The molecule has 5 heterocycles. The molecule has 2 aliphatic carbocycles. The molecule has 14 nitrogen and oxygen atoms in total. The fourth-order valence-corrected chi connectivity index (χ4v) is 6.40. The molecule has 0 fully saturated rings. The zero-order valence-electron chi connectivity index (χ0n) is 25.4. The molecule has 0 spiro atoms. The van der Waals surface area contributed by atoms with Crippen molar-refractivity contribution in [3.63, 3.8) is 0 Å². The van der Waals surface area contributed by atoms with Crippen molar-refractivity contribution in [2.24, 2.45) is 7.05 Å². The third-order valence-electron chi connectivity index (χ3n) is 7.97. The maximum absolute atomic E-state index is 12.9. The third-order valence-corrected chi connectivity index (χ3v) is 8.49. The molecular weight excluding hydrogens is 703 g/mol. The number of pyridine rings is 1. The van der Waals surface area contributed by atoms with Gasteiger partial charge < -0.3 is 14.8 Å². The smallest absolute Gasteiger partial charge is 0.359 e. The quantitative estimate of drug-likeness (QED) is 0.139. The van der Waals surface area contributed by atoms with Gasteiger partial charge in [-0.1, -0.05) is 0 Å². The molecule has 5 aromatic rings. The highest BCUT2D eigenvalue weighted by Crippen LogP contribution is 2.36. The first-order valence-corrected chi connectivity index (χ1v) is 16.0. The van der Waals surface area contributed by atoms with Gasteiger partial charge in [-0.25, -0.2) is 34.5 Å². The van der Waals surface area contributed by atoms with E-state index < -0.39 is 11.9 Å². The van der Waals surface area contributed by atoms with Crippen molar-refractivity contribution < 1.29 is 19.1 Å². The number of esters is 2. The van der Waals surface area contributed by atoms with Crippen molar-refractivity contribution in [3.8, 4) is 22.8 Å². The summed E-state index contributed by atoms with van der Waals surface area (Å²) in [7, 11) is 1.80. The number of halogens is 1. The largest absolute Gasteiger partial charge is 0.461 e. The fourth-order valence-electron chi connectivity index (χ4n) is 6.02. The Balaban J connectivity index is 1.19. The minimum atomic E-state index is -0.447. The van der Waals surface area contributed by atoms with Crippen LogP contribution in [0.4, 0.5) is 11.8 Å². The average Bonchev–Trinajstić information content (AvgIpc) is 3.59. The van der Waals surface area contributed by atoms with Crippen LogP contribution in [0.3, 0.4) is 0 Å². The number of carbonyl (C=O) groups is 2. The molecule has 0 bridgehead atoms. The number of anilines is 2. The van der Waals surface area contributed by atoms with Crippen LogP contribution in [-0.2, 0) is 48.7 Å². The highest BCUT2D eigenvalue weighted by atomic mass is 127. The number of carbonyl (C=O) groups excluding carboxylic acids is 2. The van der Waals surface area contributed by atoms with Gasteiger partial charge in [-0.3, -0.25) is 9.36 Å². The number of rotatable bonds is 8. The number of nitrogens with zero attached hydrogens (tertiary/aromatic N) is 9. The average molecular weight is 733 g/mol. The van der Waals surface area contributed by atoms with Crippen LogP contribution in [0.1, 0.15) is 62.6 Å². The van der Waals surface area contributed by atoms with Crippen molar-refractivity contribution in [2.45, 2.75) is 46.1 Å². The molecule has 15 heteroatoms. The van der Waals surface area contributed by atoms with E-state index in [-0.39, 0.29) is 13.2 Å². The first kappa shape index (κ1) is 29.9. The minimum absolute atomic E-state index is 0.260. The molecule has 0 amide bonds. The van der Waals surface area contributed by atoms with E-state index in [1.54, 1.807) is 38.0 Å². The number of aryl methyl sites for hydroxylation is 3. The van der Waals surface area contributed by atoms with Gasteiger partial charge in [0.05, 0.1) is 42.5 Å². The Labute approximate surface area is 277 Å². The second-order valence-corrected chi connectivity index (χ2v) is 11.8. The second kappa shape index (κ2) is 12.2. The lowest BCUT2D eigenvalue weighted by molar-refractivity contribution is 0.0507. The van der Waals surface area contributed by atoms with E-state index in [4.69, 9.17) is 24.5 Å². The van der Waals surface area contributed by atoms with E-state index in [9.17, 15) is 9.59 Å². The highest BCUT2D eigenvalue weighted by molar-refractivity contribution is 14.1. The lowest BCUT2D eigenvalue weighted by Gasteiger charge is -2.18. The minimum Gasteiger partial charge on any atom is -0.461 e. The number of nitrogens with one attached hydrogen (secondary N) is 1. The monoisotopic (exact) mass is 732 g/mol. The molecule has 0 atom stereocenters. The molecule has 46 heavy (non-hydrogen) atoms. The van der Waals surface area contributed by atoms with Crippen LogP contribution >= 0.6 is 22.6 Å². The Hall–Kier alpha value is -4.80. The number of aromatic nitrogens is 9. The van der Waals surface area contributed by atoms with Crippen molar-refractivity contribution >= 4 is 46.3 Å². The number of fused-ring (bicyclic) bond motifs is 6. The SMILES string of the molecule is CCOC(=O)c1nn(C)c2c1CCc1cnc(Nc3cc(Cn4nc(C(=O)OCC)c5c4-c4nc(I)ncc4CC5)ccn3)nc1-2. The van der Waals surface area contributed by atoms with Crippen molar-refractivity contribution in [1.82, 2.24) is 44.5 Å². The zero-order valence-corrected chi connectivity index (χ0v) is 27.5. The molecule has 1 N–H and O–H groups in total. The van der Waals surface area contributed by atoms with E-state index in [1.165, 1.54) is 0 Å². The van der Waals surface area contributed by atoms with Crippen molar-refractivity contribution in [3.05, 3.63) is 73.8 Å². The molecule has 0 saturated heterocycles. The van der Waals surface area contributed by atoms with E-state index >= 15 is 0 Å². The molecule has 2 aliphatic rings. The molecular formula is C31H29IN10O4. The predicted octanol–water partition coefficient (Wildman–Crippen LogP) is 3.87. The first-order chi connectivity index (χ1) is 22.3.